The van der Waals surface area contributed by atoms with Crippen LogP contribution in [0.4, 0.5) is 0 Å². The van der Waals surface area contributed by atoms with Crippen molar-refractivity contribution in [2.45, 2.75) is 77.5 Å². The quantitative estimate of drug-likeness (QED) is 0.435. The first kappa shape index (κ1) is 20.9. The number of benzene rings is 1. The van der Waals surface area contributed by atoms with Crippen molar-refractivity contribution < 1.29 is 4.21 Å². The van der Waals surface area contributed by atoms with E-state index in [1.165, 1.54) is 37.7 Å². The van der Waals surface area contributed by atoms with Crippen LogP contribution in [0.1, 0.15) is 71.8 Å². The summed E-state index contributed by atoms with van der Waals surface area (Å²) < 4.78 is 15.9. The van der Waals surface area contributed by atoms with Crippen molar-refractivity contribution in [3.63, 3.8) is 0 Å². The monoisotopic (exact) mass is 401 g/mol. The molecule has 23 heavy (non-hydrogen) atoms. The first-order chi connectivity index (χ1) is 10.8. The largest absolute Gasteiger partial charge is 0.242 e. The Morgan fingerprint density at radius 1 is 1.09 bits per heavy atom. The topological polar surface area (TPSA) is 20.3 Å². The maximum Gasteiger partial charge on any atom is 0.100 e. The second kappa shape index (κ2) is 10.6. The highest BCUT2D eigenvalue weighted by molar-refractivity contribution is 9.10. The zero-order valence-electron chi connectivity index (χ0n) is 15.1. The van der Waals surface area contributed by atoms with Crippen LogP contribution in [0.15, 0.2) is 28.7 Å². The normalized spacial score (nSPS) is 13.5. The minimum absolute atomic E-state index is 0.214. The van der Waals surface area contributed by atoms with E-state index in [0.29, 0.717) is 0 Å². The molecule has 1 aromatic rings. The average Bonchev–Trinajstić information content (AvgIpc) is 2.48. The molecule has 132 valence electrons. The van der Waals surface area contributed by atoms with Gasteiger partial charge in [-0.25, -0.2) is 8.51 Å². The summed E-state index contributed by atoms with van der Waals surface area (Å²) in [6.45, 7) is 10.1. The molecule has 0 aromatic heterocycles. The maximum atomic E-state index is 12.8. The maximum absolute atomic E-state index is 12.8. The molecule has 0 aliphatic heterocycles. The molecule has 0 radical (unpaired) electrons. The van der Waals surface area contributed by atoms with Gasteiger partial charge in [-0.1, -0.05) is 67.1 Å². The minimum Gasteiger partial charge on any atom is -0.242 e. The molecular formula is C19H32BrNOS. The van der Waals surface area contributed by atoms with Crippen LogP contribution in [0.5, 0.6) is 0 Å². The molecular weight excluding hydrogens is 370 g/mol. The van der Waals surface area contributed by atoms with E-state index < -0.39 is 11.0 Å². The van der Waals surface area contributed by atoms with Crippen molar-refractivity contribution in [1.82, 2.24) is 4.31 Å². The van der Waals surface area contributed by atoms with Gasteiger partial charge in [0.15, 0.2) is 0 Å². The molecule has 1 aromatic carbocycles. The highest BCUT2D eigenvalue weighted by Crippen LogP contribution is 2.21. The Morgan fingerprint density at radius 3 is 2.35 bits per heavy atom. The Morgan fingerprint density at radius 2 is 1.74 bits per heavy atom. The van der Waals surface area contributed by atoms with E-state index in [1.54, 1.807) is 0 Å². The van der Waals surface area contributed by atoms with Crippen molar-refractivity contribution in [1.29, 1.82) is 0 Å². The lowest BCUT2D eigenvalue weighted by Gasteiger charge is -2.29. The van der Waals surface area contributed by atoms with Gasteiger partial charge in [0.2, 0.25) is 0 Å². The van der Waals surface area contributed by atoms with Crippen molar-refractivity contribution in [2.75, 3.05) is 6.54 Å². The van der Waals surface area contributed by atoms with E-state index in [2.05, 4.69) is 60.1 Å². The number of hydrogen-bond acceptors (Lipinski definition) is 1. The Labute approximate surface area is 153 Å². The number of halogens is 1. The molecule has 0 fully saturated rings. The van der Waals surface area contributed by atoms with E-state index in [1.807, 2.05) is 12.1 Å². The third kappa shape index (κ3) is 8.46. The fraction of sp³-hybridized carbons (Fsp3) is 0.684. The van der Waals surface area contributed by atoms with Crippen LogP contribution in [0.2, 0.25) is 0 Å². The molecule has 0 heterocycles. The smallest absolute Gasteiger partial charge is 0.100 e. The Bertz CT molecular complexity index is 485. The van der Waals surface area contributed by atoms with Gasteiger partial charge in [0.1, 0.15) is 11.0 Å². The van der Waals surface area contributed by atoms with Crippen LogP contribution < -0.4 is 0 Å². The van der Waals surface area contributed by atoms with Gasteiger partial charge >= 0.3 is 0 Å². The lowest BCUT2D eigenvalue weighted by atomic mass is 10.1. The predicted molar refractivity (Wildman–Crippen MR) is 106 cm³/mol. The first-order valence-corrected chi connectivity index (χ1v) is 10.7. The van der Waals surface area contributed by atoms with Crippen molar-refractivity contribution in [3.8, 4) is 0 Å². The second-order valence-corrected chi connectivity index (χ2v) is 10.3. The standard InChI is InChI=1S/C19H32BrNOS/c1-5-6-7-8-9-10-14-21(23(22)19(2,3)4)16-17-12-11-13-18(20)15-17/h11-13,15H,5-10,14,16H2,1-4H3. The molecule has 0 saturated heterocycles. The zero-order chi connectivity index (χ0) is 17.3. The third-order valence-corrected chi connectivity index (χ3v) is 6.09. The van der Waals surface area contributed by atoms with Crippen LogP contribution in [0, 0.1) is 0 Å². The van der Waals surface area contributed by atoms with Gasteiger partial charge in [0.05, 0.1) is 4.75 Å². The van der Waals surface area contributed by atoms with Crippen LogP contribution in [0.3, 0.4) is 0 Å². The molecule has 0 aliphatic carbocycles. The van der Waals surface area contributed by atoms with Gasteiger partial charge in [-0.15, -0.1) is 0 Å². The second-order valence-electron chi connectivity index (χ2n) is 7.12. The van der Waals surface area contributed by atoms with Crippen LogP contribution in [0.25, 0.3) is 0 Å². The Hall–Kier alpha value is -0.190. The van der Waals surface area contributed by atoms with Gasteiger partial charge in [-0.3, -0.25) is 0 Å². The molecule has 2 nitrogen and oxygen atoms in total. The number of nitrogens with zero attached hydrogens (tertiary/aromatic N) is 1. The SMILES string of the molecule is CCCCCCCCN(Cc1cccc(Br)c1)S(=O)C(C)(C)C. The molecule has 0 spiro atoms. The van der Waals surface area contributed by atoms with Gasteiger partial charge in [-0.2, -0.15) is 0 Å². The van der Waals surface area contributed by atoms with E-state index in [0.717, 1.165) is 24.0 Å². The zero-order valence-corrected chi connectivity index (χ0v) is 17.5. The minimum atomic E-state index is -0.973. The van der Waals surface area contributed by atoms with E-state index in [4.69, 9.17) is 0 Å². The lowest BCUT2D eigenvalue weighted by Crippen LogP contribution is -2.37. The van der Waals surface area contributed by atoms with Gasteiger partial charge < -0.3 is 0 Å². The summed E-state index contributed by atoms with van der Waals surface area (Å²) in [4.78, 5) is 0. The molecule has 0 amide bonds. The fourth-order valence-corrected chi connectivity index (χ4v) is 4.30. The summed E-state index contributed by atoms with van der Waals surface area (Å²) >= 11 is 3.52. The number of hydrogen-bond donors (Lipinski definition) is 0. The highest BCUT2D eigenvalue weighted by Gasteiger charge is 2.26. The summed E-state index contributed by atoms with van der Waals surface area (Å²) in [5, 5.41) is 0. The highest BCUT2D eigenvalue weighted by atomic mass is 79.9. The molecule has 0 bridgehead atoms. The summed E-state index contributed by atoms with van der Waals surface area (Å²) in [6, 6.07) is 8.30. The van der Waals surface area contributed by atoms with E-state index >= 15 is 0 Å². The lowest BCUT2D eigenvalue weighted by molar-refractivity contribution is 0.408. The molecule has 0 N–H and O–H groups in total. The summed E-state index contributed by atoms with van der Waals surface area (Å²) in [5.74, 6) is 0. The van der Waals surface area contributed by atoms with Crippen molar-refractivity contribution in [3.05, 3.63) is 34.3 Å². The van der Waals surface area contributed by atoms with Crippen LogP contribution >= 0.6 is 15.9 Å². The summed E-state index contributed by atoms with van der Waals surface area (Å²) in [7, 11) is -0.973. The number of unbranched alkanes of at least 4 members (excludes halogenated alkanes) is 5. The van der Waals surface area contributed by atoms with Gasteiger partial charge in [0, 0.05) is 17.6 Å². The average molecular weight is 402 g/mol. The van der Waals surface area contributed by atoms with Crippen molar-refractivity contribution in [2.24, 2.45) is 0 Å². The number of rotatable bonds is 10. The molecule has 0 aliphatic rings. The van der Waals surface area contributed by atoms with Gasteiger partial charge in [-0.05, 0) is 44.9 Å². The van der Waals surface area contributed by atoms with E-state index in [9.17, 15) is 4.21 Å². The fourth-order valence-electron chi connectivity index (χ4n) is 2.52. The third-order valence-electron chi connectivity index (χ3n) is 3.77. The van der Waals surface area contributed by atoms with Gasteiger partial charge in [0.25, 0.3) is 0 Å². The molecule has 0 saturated carbocycles. The predicted octanol–water partition coefficient (Wildman–Crippen LogP) is 6.07. The summed E-state index contributed by atoms with van der Waals surface area (Å²) in [6.07, 6.45) is 7.58. The molecule has 1 unspecified atom stereocenters. The van der Waals surface area contributed by atoms with Crippen molar-refractivity contribution >= 4 is 26.9 Å². The molecule has 1 rings (SSSR count). The van der Waals surface area contributed by atoms with E-state index in [-0.39, 0.29) is 4.75 Å². The first-order valence-electron chi connectivity index (χ1n) is 8.76. The van der Waals surface area contributed by atoms with Crippen LogP contribution in [-0.2, 0) is 17.5 Å². The Balaban J connectivity index is 2.61. The molecule has 1 atom stereocenters. The molecule has 4 heteroatoms. The Kier molecular flexibility index (Phi) is 9.64. The van der Waals surface area contributed by atoms with Crippen LogP contribution in [-0.4, -0.2) is 19.8 Å². The summed E-state index contributed by atoms with van der Waals surface area (Å²) in [5.41, 5.74) is 1.21.